The first-order chi connectivity index (χ1) is 7.65. The number of hydrogen-bond donors (Lipinski definition) is 1. The Kier molecular flexibility index (Phi) is 3.78. The Morgan fingerprint density at radius 3 is 2.75 bits per heavy atom. The van der Waals surface area contributed by atoms with Gasteiger partial charge in [0.2, 0.25) is 0 Å². The average molecular weight is 301 g/mol. The molecule has 0 bridgehead atoms. The summed E-state index contributed by atoms with van der Waals surface area (Å²) in [6.45, 7) is 5.64. The minimum atomic E-state index is 0.724. The molecule has 0 saturated heterocycles. The number of aromatic nitrogens is 1. The van der Waals surface area contributed by atoms with Crippen LogP contribution in [0.5, 0.6) is 0 Å². The summed E-state index contributed by atoms with van der Waals surface area (Å²) < 4.78 is 6.16. The summed E-state index contributed by atoms with van der Waals surface area (Å²) in [5, 5.41) is 4.44. The molecular weight excluding hydrogens is 288 g/mol. The van der Waals surface area contributed by atoms with Gasteiger partial charge in [-0.1, -0.05) is 0 Å². The summed E-state index contributed by atoms with van der Waals surface area (Å²) in [7, 11) is 0. The van der Waals surface area contributed by atoms with E-state index in [0.29, 0.717) is 0 Å². The van der Waals surface area contributed by atoms with E-state index in [1.54, 1.807) is 11.3 Å². The van der Waals surface area contributed by atoms with Gasteiger partial charge < -0.3 is 9.73 Å². The predicted octanol–water partition coefficient (Wildman–Crippen LogP) is 3.41. The molecule has 0 radical (unpaired) electrons. The fourth-order valence-electron chi connectivity index (χ4n) is 1.49. The summed E-state index contributed by atoms with van der Waals surface area (Å²) in [5.74, 6) is 0.927. The summed E-state index contributed by atoms with van der Waals surface area (Å²) in [4.78, 5) is 5.75. The molecule has 0 atom stereocenters. The van der Waals surface area contributed by atoms with Gasteiger partial charge >= 0.3 is 0 Å². The smallest absolute Gasteiger partial charge is 0.169 e. The first kappa shape index (κ1) is 11.8. The Morgan fingerprint density at radius 2 is 2.19 bits per heavy atom. The van der Waals surface area contributed by atoms with Crippen molar-refractivity contribution in [2.75, 3.05) is 0 Å². The summed E-state index contributed by atoms with van der Waals surface area (Å²) >= 11 is 5.02. The van der Waals surface area contributed by atoms with Gasteiger partial charge in [-0.25, -0.2) is 4.98 Å². The number of nitrogens with zero attached hydrogens (tertiary/aromatic N) is 1. The zero-order valence-corrected chi connectivity index (χ0v) is 11.6. The molecule has 3 nitrogen and oxygen atoms in total. The summed E-state index contributed by atoms with van der Waals surface area (Å²) in [6.07, 6.45) is 0. The molecule has 2 heterocycles. The van der Waals surface area contributed by atoms with E-state index in [1.807, 2.05) is 19.1 Å². The molecule has 0 spiro atoms. The molecule has 5 heteroatoms. The molecule has 0 aliphatic heterocycles. The van der Waals surface area contributed by atoms with Crippen molar-refractivity contribution >= 4 is 27.3 Å². The van der Waals surface area contributed by atoms with E-state index in [4.69, 9.17) is 4.42 Å². The number of rotatable bonds is 4. The Morgan fingerprint density at radius 1 is 1.38 bits per heavy atom. The van der Waals surface area contributed by atoms with Crippen molar-refractivity contribution in [1.82, 2.24) is 10.3 Å². The SMILES string of the molecule is Cc1nc(CNCc2ccc(Br)o2)c(C)s1. The molecule has 0 aromatic carbocycles. The highest BCUT2D eigenvalue weighted by molar-refractivity contribution is 9.10. The first-order valence-electron chi connectivity index (χ1n) is 5.03. The van der Waals surface area contributed by atoms with E-state index in [1.165, 1.54) is 4.88 Å². The van der Waals surface area contributed by atoms with Gasteiger partial charge in [0, 0.05) is 11.4 Å². The van der Waals surface area contributed by atoms with Crippen LogP contribution in [0.1, 0.15) is 21.3 Å². The van der Waals surface area contributed by atoms with E-state index in [9.17, 15) is 0 Å². The molecular formula is C11H13BrN2OS. The zero-order chi connectivity index (χ0) is 11.5. The van der Waals surface area contributed by atoms with Gasteiger partial charge in [0.15, 0.2) is 4.67 Å². The second-order valence-corrected chi connectivity index (χ2v) is 5.73. The van der Waals surface area contributed by atoms with Crippen molar-refractivity contribution in [2.24, 2.45) is 0 Å². The molecule has 0 fully saturated rings. The van der Waals surface area contributed by atoms with Gasteiger partial charge in [-0.2, -0.15) is 0 Å². The number of hydrogen-bond acceptors (Lipinski definition) is 4. The zero-order valence-electron chi connectivity index (χ0n) is 9.21. The third-order valence-electron chi connectivity index (χ3n) is 2.22. The van der Waals surface area contributed by atoms with Crippen LogP contribution in [-0.2, 0) is 13.1 Å². The molecule has 0 aliphatic carbocycles. The molecule has 16 heavy (non-hydrogen) atoms. The van der Waals surface area contributed by atoms with Crippen molar-refractivity contribution < 1.29 is 4.42 Å². The van der Waals surface area contributed by atoms with Gasteiger partial charge in [0.25, 0.3) is 0 Å². The largest absolute Gasteiger partial charge is 0.453 e. The van der Waals surface area contributed by atoms with Crippen LogP contribution in [0.4, 0.5) is 0 Å². The Labute approximate surface area is 107 Å². The second kappa shape index (κ2) is 5.12. The first-order valence-corrected chi connectivity index (χ1v) is 6.64. The van der Waals surface area contributed by atoms with Gasteiger partial charge in [0.05, 0.1) is 17.2 Å². The monoisotopic (exact) mass is 300 g/mol. The predicted molar refractivity (Wildman–Crippen MR) is 68.5 cm³/mol. The van der Waals surface area contributed by atoms with E-state index >= 15 is 0 Å². The fraction of sp³-hybridized carbons (Fsp3) is 0.364. The Balaban J connectivity index is 1.86. The molecule has 0 amide bonds. The topological polar surface area (TPSA) is 38.1 Å². The molecule has 2 aromatic heterocycles. The third kappa shape index (κ3) is 2.93. The molecule has 0 saturated carbocycles. The maximum absolute atomic E-state index is 5.39. The van der Waals surface area contributed by atoms with Gasteiger partial charge in [-0.3, -0.25) is 0 Å². The van der Waals surface area contributed by atoms with Crippen LogP contribution >= 0.6 is 27.3 Å². The molecule has 0 aliphatic rings. The lowest BCUT2D eigenvalue weighted by Crippen LogP contribution is -2.13. The highest BCUT2D eigenvalue weighted by atomic mass is 79.9. The van der Waals surface area contributed by atoms with Crippen molar-refractivity contribution in [3.05, 3.63) is 38.1 Å². The third-order valence-corrected chi connectivity index (χ3v) is 3.57. The van der Waals surface area contributed by atoms with Crippen LogP contribution in [-0.4, -0.2) is 4.98 Å². The van der Waals surface area contributed by atoms with Crippen molar-refractivity contribution in [3.8, 4) is 0 Å². The van der Waals surface area contributed by atoms with Gasteiger partial charge in [-0.05, 0) is 41.9 Å². The van der Waals surface area contributed by atoms with Crippen molar-refractivity contribution in [3.63, 3.8) is 0 Å². The summed E-state index contributed by atoms with van der Waals surface area (Å²) in [5.41, 5.74) is 1.13. The van der Waals surface area contributed by atoms with Crippen molar-refractivity contribution in [1.29, 1.82) is 0 Å². The minimum absolute atomic E-state index is 0.724. The number of furan rings is 1. The highest BCUT2D eigenvalue weighted by Gasteiger charge is 2.05. The average Bonchev–Trinajstić information content (AvgIpc) is 2.74. The molecule has 86 valence electrons. The van der Waals surface area contributed by atoms with E-state index in [0.717, 1.165) is 34.2 Å². The second-order valence-electron chi connectivity index (χ2n) is 3.55. The molecule has 0 unspecified atom stereocenters. The van der Waals surface area contributed by atoms with Crippen LogP contribution < -0.4 is 5.32 Å². The number of nitrogens with one attached hydrogen (secondary N) is 1. The normalized spacial score (nSPS) is 10.9. The van der Waals surface area contributed by atoms with E-state index in [-0.39, 0.29) is 0 Å². The van der Waals surface area contributed by atoms with Crippen molar-refractivity contribution in [2.45, 2.75) is 26.9 Å². The summed E-state index contributed by atoms with van der Waals surface area (Å²) in [6, 6.07) is 3.85. The quantitative estimate of drug-likeness (QED) is 0.940. The van der Waals surface area contributed by atoms with Gasteiger partial charge in [-0.15, -0.1) is 11.3 Å². The van der Waals surface area contributed by atoms with Crippen LogP contribution in [0.2, 0.25) is 0 Å². The maximum Gasteiger partial charge on any atom is 0.169 e. The number of aryl methyl sites for hydroxylation is 2. The maximum atomic E-state index is 5.39. The van der Waals surface area contributed by atoms with E-state index in [2.05, 4.69) is 33.2 Å². The van der Waals surface area contributed by atoms with Gasteiger partial charge in [0.1, 0.15) is 5.76 Å². The highest BCUT2D eigenvalue weighted by Crippen LogP contribution is 2.17. The molecule has 2 rings (SSSR count). The van der Waals surface area contributed by atoms with Crippen LogP contribution in [0.3, 0.4) is 0 Å². The molecule has 1 N–H and O–H groups in total. The standard InChI is InChI=1S/C11H13BrN2OS/c1-7-10(14-8(2)16-7)6-13-5-9-3-4-11(12)15-9/h3-4,13H,5-6H2,1-2H3. The van der Waals surface area contributed by atoms with Crippen LogP contribution in [0.25, 0.3) is 0 Å². The lowest BCUT2D eigenvalue weighted by Gasteiger charge is -2.00. The fourth-order valence-corrected chi connectivity index (χ4v) is 2.66. The van der Waals surface area contributed by atoms with E-state index < -0.39 is 0 Å². The number of halogens is 1. The number of thiazole rings is 1. The Hall–Kier alpha value is -0.650. The van der Waals surface area contributed by atoms with Crippen LogP contribution in [0, 0.1) is 13.8 Å². The minimum Gasteiger partial charge on any atom is -0.453 e. The Bertz CT molecular complexity index is 478. The lowest BCUT2D eigenvalue weighted by molar-refractivity contribution is 0.464. The molecule has 2 aromatic rings. The van der Waals surface area contributed by atoms with Crippen LogP contribution in [0.15, 0.2) is 21.2 Å². The lowest BCUT2D eigenvalue weighted by atomic mass is 10.3.